The van der Waals surface area contributed by atoms with Gasteiger partial charge in [0.05, 0.1) is 6.61 Å². The number of aldehydes is 1. The number of hydrogen-bond acceptors (Lipinski definition) is 3. The molecule has 0 fully saturated rings. The molecule has 0 bridgehead atoms. The van der Waals surface area contributed by atoms with Gasteiger partial charge >= 0.3 is 0 Å². The molecule has 0 saturated carbocycles. The van der Waals surface area contributed by atoms with Crippen molar-refractivity contribution in [3.8, 4) is 0 Å². The fourth-order valence-corrected chi connectivity index (χ4v) is 1.30. The van der Waals surface area contributed by atoms with Crippen molar-refractivity contribution >= 4 is 11.9 Å². The molecule has 0 atom stereocenters. The predicted octanol–water partition coefficient (Wildman–Crippen LogP) is -0.0594. The topological polar surface area (TPSA) is 59.5 Å². The van der Waals surface area contributed by atoms with Crippen molar-refractivity contribution in [1.29, 1.82) is 0 Å². The molecule has 13 heavy (non-hydrogen) atoms. The summed E-state index contributed by atoms with van der Waals surface area (Å²) in [7, 11) is 0. The third kappa shape index (κ3) is 1.23. The molecule has 0 unspecified atom stereocenters. The van der Waals surface area contributed by atoms with Gasteiger partial charge < -0.3 is 9.67 Å². The van der Waals surface area contributed by atoms with E-state index in [0.717, 1.165) is 5.65 Å². The van der Waals surface area contributed by atoms with Gasteiger partial charge in [-0.3, -0.25) is 4.79 Å². The standard InChI is InChI=1S/C8H9N3O2/c12-4-3-10-1-2-11-8(10)5-7(6-13)9-11/h1-2,5-6,12H,3-4H2. The number of nitrogens with zero attached hydrogens (tertiary/aromatic N) is 3. The maximum atomic E-state index is 10.4. The van der Waals surface area contributed by atoms with Crippen molar-refractivity contribution in [1.82, 2.24) is 14.2 Å². The zero-order chi connectivity index (χ0) is 9.26. The van der Waals surface area contributed by atoms with Gasteiger partial charge in [0, 0.05) is 25.0 Å². The lowest BCUT2D eigenvalue weighted by molar-refractivity contribution is 0.111. The third-order valence-electron chi connectivity index (χ3n) is 1.88. The Morgan fingerprint density at radius 2 is 2.38 bits per heavy atom. The first kappa shape index (κ1) is 8.00. The monoisotopic (exact) mass is 179 g/mol. The highest BCUT2D eigenvalue weighted by Gasteiger charge is 2.04. The van der Waals surface area contributed by atoms with Crippen molar-refractivity contribution in [2.24, 2.45) is 0 Å². The Bertz CT molecular complexity index is 429. The largest absolute Gasteiger partial charge is 0.395 e. The van der Waals surface area contributed by atoms with Crippen LogP contribution in [-0.2, 0) is 6.54 Å². The molecule has 1 N–H and O–H groups in total. The minimum absolute atomic E-state index is 0.0753. The molecule has 0 amide bonds. The van der Waals surface area contributed by atoms with E-state index in [0.29, 0.717) is 18.5 Å². The van der Waals surface area contributed by atoms with E-state index in [-0.39, 0.29) is 6.61 Å². The zero-order valence-electron chi connectivity index (χ0n) is 6.92. The van der Waals surface area contributed by atoms with Crippen molar-refractivity contribution in [2.45, 2.75) is 6.54 Å². The highest BCUT2D eigenvalue weighted by molar-refractivity contribution is 5.74. The maximum absolute atomic E-state index is 10.4. The number of carbonyl (C=O) groups is 1. The Hall–Kier alpha value is -1.62. The fraction of sp³-hybridized carbons (Fsp3) is 0.250. The number of rotatable bonds is 3. The van der Waals surface area contributed by atoms with E-state index in [1.807, 2.05) is 10.8 Å². The molecular formula is C8H9N3O2. The minimum atomic E-state index is 0.0753. The van der Waals surface area contributed by atoms with Gasteiger partial charge in [0.1, 0.15) is 11.3 Å². The highest BCUT2D eigenvalue weighted by atomic mass is 16.3. The number of fused-ring (bicyclic) bond motifs is 1. The molecule has 2 aromatic heterocycles. The van der Waals surface area contributed by atoms with Crippen LogP contribution in [0, 0.1) is 0 Å². The van der Waals surface area contributed by atoms with Crippen LogP contribution in [-0.4, -0.2) is 32.2 Å². The maximum Gasteiger partial charge on any atom is 0.170 e. The summed E-state index contributed by atoms with van der Waals surface area (Å²) in [5.41, 5.74) is 1.22. The van der Waals surface area contributed by atoms with Gasteiger partial charge in [0.2, 0.25) is 0 Å². The summed E-state index contributed by atoms with van der Waals surface area (Å²) in [6.45, 7) is 0.590. The summed E-state index contributed by atoms with van der Waals surface area (Å²) in [6.07, 6.45) is 4.27. The summed E-state index contributed by atoms with van der Waals surface area (Å²) in [5, 5.41) is 12.7. The van der Waals surface area contributed by atoms with Crippen LogP contribution >= 0.6 is 0 Å². The molecule has 0 spiro atoms. The van der Waals surface area contributed by atoms with Gasteiger partial charge in [-0.25, -0.2) is 4.52 Å². The van der Waals surface area contributed by atoms with Gasteiger partial charge in [-0.15, -0.1) is 0 Å². The van der Waals surface area contributed by atoms with Crippen molar-refractivity contribution in [3.63, 3.8) is 0 Å². The summed E-state index contributed by atoms with van der Waals surface area (Å²) in [6, 6.07) is 1.68. The Kier molecular flexibility index (Phi) is 1.86. The van der Waals surface area contributed by atoms with E-state index >= 15 is 0 Å². The average molecular weight is 179 g/mol. The molecular weight excluding hydrogens is 170 g/mol. The SMILES string of the molecule is O=Cc1cc2n(CCO)ccn2n1. The van der Waals surface area contributed by atoms with Crippen LogP contribution in [0.1, 0.15) is 10.5 Å². The minimum Gasteiger partial charge on any atom is -0.395 e. The predicted molar refractivity (Wildman–Crippen MR) is 45.7 cm³/mol. The lowest BCUT2D eigenvalue weighted by Gasteiger charge is -1.97. The van der Waals surface area contributed by atoms with E-state index in [4.69, 9.17) is 5.11 Å². The molecule has 0 aliphatic carbocycles. The van der Waals surface area contributed by atoms with Gasteiger partial charge in [-0.05, 0) is 0 Å². The molecule has 0 radical (unpaired) electrons. The van der Waals surface area contributed by atoms with Crippen LogP contribution in [0.4, 0.5) is 0 Å². The lowest BCUT2D eigenvalue weighted by Crippen LogP contribution is -1.99. The molecule has 2 aromatic rings. The fourth-order valence-electron chi connectivity index (χ4n) is 1.30. The van der Waals surface area contributed by atoms with Crippen LogP contribution in [0.3, 0.4) is 0 Å². The summed E-state index contributed by atoms with van der Waals surface area (Å²) < 4.78 is 3.44. The normalized spacial score (nSPS) is 10.8. The molecule has 0 aromatic carbocycles. The second-order valence-corrected chi connectivity index (χ2v) is 2.70. The van der Waals surface area contributed by atoms with Crippen molar-refractivity contribution < 1.29 is 9.90 Å². The van der Waals surface area contributed by atoms with Crippen molar-refractivity contribution in [3.05, 3.63) is 24.2 Å². The Balaban J connectivity index is 2.51. The third-order valence-corrected chi connectivity index (χ3v) is 1.88. The van der Waals surface area contributed by atoms with E-state index in [1.165, 1.54) is 0 Å². The van der Waals surface area contributed by atoms with Crippen LogP contribution in [0.15, 0.2) is 18.5 Å². The molecule has 5 nitrogen and oxygen atoms in total. The Labute approximate surface area is 74.2 Å². The smallest absolute Gasteiger partial charge is 0.170 e. The molecule has 0 saturated heterocycles. The molecule has 0 aliphatic rings. The van der Waals surface area contributed by atoms with E-state index in [9.17, 15) is 4.79 Å². The van der Waals surface area contributed by atoms with Gasteiger partial charge in [0.15, 0.2) is 6.29 Å². The second-order valence-electron chi connectivity index (χ2n) is 2.70. The first-order valence-corrected chi connectivity index (χ1v) is 3.95. The number of imidazole rings is 1. The first-order chi connectivity index (χ1) is 6.35. The lowest BCUT2D eigenvalue weighted by atomic mass is 10.5. The summed E-state index contributed by atoms with van der Waals surface area (Å²) in [4.78, 5) is 10.4. The van der Waals surface area contributed by atoms with Crippen LogP contribution in [0.25, 0.3) is 5.65 Å². The molecule has 2 heterocycles. The summed E-state index contributed by atoms with van der Waals surface area (Å²) in [5.74, 6) is 0. The second kappa shape index (κ2) is 3.02. The Morgan fingerprint density at radius 1 is 1.54 bits per heavy atom. The highest BCUT2D eigenvalue weighted by Crippen LogP contribution is 2.06. The summed E-state index contributed by atoms with van der Waals surface area (Å²) >= 11 is 0. The van der Waals surface area contributed by atoms with Gasteiger partial charge in [0.25, 0.3) is 0 Å². The quantitative estimate of drug-likeness (QED) is 0.671. The van der Waals surface area contributed by atoms with Crippen LogP contribution < -0.4 is 0 Å². The van der Waals surface area contributed by atoms with E-state index < -0.39 is 0 Å². The molecule has 68 valence electrons. The number of carbonyl (C=O) groups excluding carboxylic acids is 1. The molecule has 5 heteroatoms. The van der Waals surface area contributed by atoms with Gasteiger partial charge in [-0.1, -0.05) is 0 Å². The number of aromatic nitrogens is 3. The van der Waals surface area contributed by atoms with E-state index in [2.05, 4.69) is 5.10 Å². The number of hydrogen-bond donors (Lipinski definition) is 1. The van der Waals surface area contributed by atoms with Gasteiger partial charge in [-0.2, -0.15) is 5.10 Å². The Morgan fingerprint density at radius 3 is 3.08 bits per heavy atom. The van der Waals surface area contributed by atoms with E-state index in [1.54, 1.807) is 16.8 Å². The first-order valence-electron chi connectivity index (χ1n) is 3.95. The average Bonchev–Trinajstić information content (AvgIpc) is 2.67. The zero-order valence-corrected chi connectivity index (χ0v) is 6.92. The number of aliphatic hydroxyl groups excluding tert-OH is 1. The van der Waals surface area contributed by atoms with Crippen LogP contribution in [0.2, 0.25) is 0 Å². The molecule has 0 aliphatic heterocycles. The van der Waals surface area contributed by atoms with Crippen molar-refractivity contribution in [2.75, 3.05) is 6.61 Å². The molecule has 2 rings (SSSR count). The van der Waals surface area contributed by atoms with Crippen LogP contribution in [0.5, 0.6) is 0 Å². The number of aliphatic hydroxyl groups is 1.